The number of rotatable bonds is 4. The van der Waals surface area contributed by atoms with E-state index >= 15 is 0 Å². The quantitative estimate of drug-likeness (QED) is 0.905. The van der Waals surface area contributed by atoms with Crippen LogP contribution in [0.25, 0.3) is 0 Å². The van der Waals surface area contributed by atoms with Gasteiger partial charge in [0, 0.05) is 30.5 Å². The molecule has 22 heavy (non-hydrogen) atoms. The molecule has 1 aliphatic heterocycles. The molecular weight excluding hydrogens is 278 g/mol. The topological polar surface area (TPSA) is 73.9 Å². The zero-order chi connectivity index (χ0) is 15.4. The van der Waals surface area contributed by atoms with Crippen molar-refractivity contribution in [2.45, 2.75) is 26.3 Å². The summed E-state index contributed by atoms with van der Waals surface area (Å²) in [4.78, 5) is 18.9. The van der Waals surface area contributed by atoms with Crippen LogP contribution >= 0.6 is 0 Å². The fourth-order valence-corrected chi connectivity index (χ4v) is 2.85. The number of hydrogen-bond donors (Lipinski definition) is 2. The number of pyridine rings is 1. The Kier molecular flexibility index (Phi) is 4.48. The van der Waals surface area contributed by atoms with Crippen LogP contribution in [0.15, 0.2) is 30.6 Å². The molecule has 0 radical (unpaired) electrons. The molecule has 6 heteroatoms. The Morgan fingerprint density at radius 1 is 1.50 bits per heavy atom. The van der Waals surface area contributed by atoms with Crippen LogP contribution < -0.4 is 5.32 Å². The minimum Gasteiger partial charge on any atom is -0.310 e. The van der Waals surface area contributed by atoms with Crippen molar-refractivity contribution < 1.29 is 4.79 Å². The van der Waals surface area contributed by atoms with E-state index in [1.165, 1.54) is 5.56 Å². The molecule has 0 aromatic carbocycles. The van der Waals surface area contributed by atoms with Gasteiger partial charge < -0.3 is 5.32 Å². The van der Waals surface area contributed by atoms with Crippen molar-refractivity contribution in [1.82, 2.24) is 20.1 Å². The van der Waals surface area contributed by atoms with E-state index in [1.54, 1.807) is 6.20 Å². The zero-order valence-electron chi connectivity index (χ0n) is 12.7. The third-order valence-corrected chi connectivity index (χ3v) is 4.12. The summed E-state index contributed by atoms with van der Waals surface area (Å²) < 4.78 is 0. The van der Waals surface area contributed by atoms with Crippen LogP contribution in [0.1, 0.15) is 24.1 Å². The predicted octanol–water partition coefficient (Wildman–Crippen LogP) is 1.96. The summed E-state index contributed by atoms with van der Waals surface area (Å²) in [6.07, 6.45) is 5.52. The fourth-order valence-electron chi connectivity index (χ4n) is 2.85. The lowest BCUT2D eigenvalue weighted by Gasteiger charge is -2.31. The number of nitrogens with one attached hydrogen (secondary N) is 2. The van der Waals surface area contributed by atoms with Crippen LogP contribution in [0.5, 0.6) is 0 Å². The number of carbonyl (C=O) groups excluding carboxylic acids is 1. The average molecular weight is 299 g/mol. The van der Waals surface area contributed by atoms with E-state index < -0.39 is 0 Å². The molecule has 2 aromatic rings. The van der Waals surface area contributed by atoms with Gasteiger partial charge in [0.15, 0.2) is 0 Å². The highest BCUT2D eigenvalue weighted by molar-refractivity contribution is 5.91. The average Bonchev–Trinajstić information content (AvgIpc) is 2.94. The Hall–Kier alpha value is -2.21. The first-order valence-electron chi connectivity index (χ1n) is 7.65. The molecule has 1 unspecified atom stereocenters. The van der Waals surface area contributed by atoms with Gasteiger partial charge in [-0.15, -0.1) is 0 Å². The number of aryl methyl sites for hydroxylation is 1. The zero-order valence-corrected chi connectivity index (χ0v) is 12.7. The van der Waals surface area contributed by atoms with Crippen molar-refractivity contribution >= 4 is 11.7 Å². The molecule has 6 nitrogen and oxygen atoms in total. The number of likely N-dealkylation sites (tertiary alicyclic amines) is 1. The van der Waals surface area contributed by atoms with Gasteiger partial charge in [-0.3, -0.25) is 14.8 Å². The summed E-state index contributed by atoms with van der Waals surface area (Å²) in [5.41, 5.74) is 2.30. The fraction of sp³-hybridized carbons (Fsp3) is 0.438. The van der Waals surface area contributed by atoms with E-state index in [1.807, 2.05) is 31.3 Å². The second kappa shape index (κ2) is 6.70. The Morgan fingerprint density at radius 2 is 2.41 bits per heavy atom. The standard InChI is InChI=1S/C16H21N5O/c1-12-14(9-18-20-12)11-21-8-4-5-13(10-21)16(22)19-15-6-2-3-7-17-15/h2-3,6-7,9,13H,4-5,8,10-11H2,1H3,(H,18,20)(H,17,19,22). The molecule has 1 aliphatic rings. The van der Waals surface area contributed by atoms with Gasteiger partial charge in [-0.2, -0.15) is 5.10 Å². The molecule has 2 aromatic heterocycles. The first-order chi connectivity index (χ1) is 10.7. The summed E-state index contributed by atoms with van der Waals surface area (Å²) >= 11 is 0. The van der Waals surface area contributed by atoms with E-state index in [-0.39, 0.29) is 11.8 Å². The Balaban J connectivity index is 1.58. The number of anilines is 1. The minimum absolute atomic E-state index is 0.0166. The summed E-state index contributed by atoms with van der Waals surface area (Å²) in [6.45, 7) is 4.68. The van der Waals surface area contributed by atoms with Crippen molar-refractivity contribution in [3.63, 3.8) is 0 Å². The molecule has 0 spiro atoms. The number of nitrogens with zero attached hydrogens (tertiary/aromatic N) is 3. The molecule has 0 bridgehead atoms. The van der Waals surface area contributed by atoms with E-state index in [0.29, 0.717) is 5.82 Å². The minimum atomic E-state index is 0.0166. The molecule has 2 N–H and O–H groups in total. The van der Waals surface area contributed by atoms with Crippen molar-refractivity contribution in [1.29, 1.82) is 0 Å². The summed E-state index contributed by atoms with van der Waals surface area (Å²) in [6, 6.07) is 5.52. The number of amides is 1. The van der Waals surface area contributed by atoms with Crippen LogP contribution in [0.3, 0.4) is 0 Å². The lowest BCUT2D eigenvalue weighted by Crippen LogP contribution is -2.40. The van der Waals surface area contributed by atoms with Gasteiger partial charge in [0.05, 0.1) is 12.1 Å². The third-order valence-electron chi connectivity index (χ3n) is 4.12. The molecule has 3 rings (SSSR count). The third kappa shape index (κ3) is 3.51. The van der Waals surface area contributed by atoms with Gasteiger partial charge in [0.25, 0.3) is 0 Å². The van der Waals surface area contributed by atoms with E-state index in [4.69, 9.17) is 0 Å². The van der Waals surface area contributed by atoms with Crippen LogP contribution in [-0.2, 0) is 11.3 Å². The maximum absolute atomic E-state index is 12.4. The molecule has 0 saturated carbocycles. The van der Waals surface area contributed by atoms with Crippen molar-refractivity contribution in [3.05, 3.63) is 41.9 Å². The maximum atomic E-state index is 12.4. The van der Waals surface area contributed by atoms with Crippen molar-refractivity contribution in [3.8, 4) is 0 Å². The summed E-state index contributed by atoms with van der Waals surface area (Å²) in [5, 5.41) is 9.93. The lowest BCUT2D eigenvalue weighted by molar-refractivity contribution is -0.121. The first kappa shape index (κ1) is 14.7. The lowest BCUT2D eigenvalue weighted by atomic mass is 9.96. The summed E-state index contributed by atoms with van der Waals surface area (Å²) in [7, 11) is 0. The Labute approximate surface area is 129 Å². The largest absolute Gasteiger partial charge is 0.310 e. The van der Waals surface area contributed by atoms with Gasteiger partial charge >= 0.3 is 0 Å². The smallest absolute Gasteiger partial charge is 0.229 e. The number of aromatic amines is 1. The molecule has 116 valence electrons. The van der Waals surface area contributed by atoms with Gasteiger partial charge in [-0.05, 0) is 38.4 Å². The molecule has 1 amide bonds. The Morgan fingerprint density at radius 3 is 3.14 bits per heavy atom. The number of H-pyrrole nitrogens is 1. The highest BCUT2D eigenvalue weighted by Gasteiger charge is 2.26. The van der Waals surface area contributed by atoms with Crippen molar-refractivity contribution in [2.24, 2.45) is 5.92 Å². The number of carbonyl (C=O) groups is 1. The first-order valence-corrected chi connectivity index (χ1v) is 7.65. The van der Waals surface area contributed by atoms with E-state index in [9.17, 15) is 4.79 Å². The van der Waals surface area contributed by atoms with Gasteiger partial charge in [0.1, 0.15) is 5.82 Å². The number of piperidine rings is 1. The van der Waals surface area contributed by atoms with Gasteiger partial charge in [-0.1, -0.05) is 6.07 Å². The van der Waals surface area contributed by atoms with Crippen LogP contribution in [0.2, 0.25) is 0 Å². The van der Waals surface area contributed by atoms with E-state index in [0.717, 1.165) is 38.2 Å². The SMILES string of the molecule is Cc1[nH]ncc1CN1CCCC(C(=O)Nc2ccccn2)C1. The van der Waals surface area contributed by atoms with Crippen LogP contribution in [0, 0.1) is 12.8 Å². The molecule has 3 heterocycles. The molecule has 0 aliphatic carbocycles. The normalized spacial score (nSPS) is 19.0. The maximum Gasteiger partial charge on any atom is 0.229 e. The van der Waals surface area contributed by atoms with Crippen LogP contribution in [0.4, 0.5) is 5.82 Å². The summed E-state index contributed by atoms with van der Waals surface area (Å²) in [5.74, 6) is 0.700. The predicted molar refractivity (Wildman–Crippen MR) is 84.2 cm³/mol. The molecule has 1 saturated heterocycles. The monoisotopic (exact) mass is 299 g/mol. The highest BCUT2D eigenvalue weighted by atomic mass is 16.2. The van der Waals surface area contributed by atoms with Crippen molar-refractivity contribution in [2.75, 3.05) is 18.4 Å². The van der Waals surface area contributed by atoms with Crippen LogP contribution in [-0.4, -0.2) is 39.1 Å². The molecule has 1 atom stereocenters. The number of aromatic nitrogens is 3. The van der Waals surface area contributed by atoms with Gasteiger partial charge in [0.2, 0.25) is 5.91 Å². The molecule has 1 fully saturated rings. The number of hydrogen-bond acceptors (Lipinski definition) is 4. The van der Waals surface area contributed by atoms with E-state index in [2.05, 4.69) is 25.4 Å². The second-order valence-electron chi connectivity index (χ2n) is 5.80. The Bertz CT molecular complexity index is 624. The molecular formula is C16H21N5O. The van der Waals surface area contributed by atoms with Gasteiger partial charge in [-0.25, -0.2) is 4.98 Å². The highest BCUT2D eigenvalue weighted by Crippen LogP contribution is 2.20. The second-order valence-corrected chi connectivity index (χ2v) is 5.80.